The van der Waals surface area contributed by atoms with Crippen molar-refractivity contribution in [2.75, 3.05) is 0 Å². The Hall–Kier alpha value is -1.24. The molecule has 0 spiro atoms. The topological polar surface area (TPSA) is 84.6 Å². The lowest BCUT2D eigenvalue weighted by Crippen LogP contribution is -2.27. The van der Waals surface area contributed by atoms with Gasteiger partial charge in [0.1, 0.15) is 5.75 Å². The fourth-order valence-electron chi connectivity index (χ4n) is 1.53. The molecule has 0 aromatic heterocycles. The minimum absolute atomic E-state index is 0.128. The molecule has 0 radical (unpaired) electrons. The quantitative estimate of drug-likeness (QED) is 0.647. The van der Waals surface area contributed by atoms with Gasteiger partial charge in [-0.15, -0.1) is 0 Å². The number of amides is 1. The lowest BCUT2D eigenvalue weighted by Gasteiger charge is -2.06. The number of nitrogens with one attached hydrogen (secondary N) is 1. The molecule has 1 fully saturated rings. The van der Waals surface area contributed by atoms with Crippen LogP contribution in [-0.2, 0) is 11.2 Å². The second-order valence-electron chi connectivity index (χ2n) is 3.45. The Balaban J connectivity index is 2.01. The van der Waals surface area contributed by atoms with Crippen molar-refractivity contribution < 1.29 is 14.7 Å². The van der Waals surface area contributed by atoms with Crippen molar-refractivity contribution in [3.05, 3.63) is 29.8 Å². The molecule has 1 aliphatic rings. The normalized spacial score (nSPS) is 24.2. The Morgan fingerprint density at radius 3 is 2.62 bits per heavy atom. The summed E-state index contributed by atoms with van der Waals surface area (Å²) in [6, 6.07) is 7.17. The van der Waals surface area contributed by atoms with Crippen LogP contribution < -0.4 is 16.1 Å². The molecule has 0 bridgehead atoms. The zero-order valence-corrected chi connectivity index (χ0v) is 9.24. The minimum Gasteiger partial charge on any atom is -0.412 e. The molecule has 1 heterocycles. The van der Waals surface area contributed by atoms with Gasteiger partial charge in [0, 0.05) is 0 Å². The Morgan fingerprint density at radius 2 is 2.12 bits per heavy atom. The molecule has 1 amide bonds. The first-order valence-corrected chi connectivity index (χ1v) is 5.73. The van der Waals surface area contributed by atoms with Crippen LogP contribution in [0.25, 0.3) is 0 Å². The fourth-order valence-corrected chi connectivity index (χ4v) is 2.50. The first kappa shape index (κ1) is 11.3. The molecule has 2 unspecified atom stereocenters. The highest BCUT2D eigenvalue weighted by Crippen LogP contribution is 2.25. The zero-order valence-electron chi connectivity index (χ0n) is 8.42. The zero-order chi connectivity index (χ0) is 11.5. The van der Waals surface area contributed by atoms with Gasteiger partial charge in [-0.1, -0.05) is 23.9 Å². The average Bonchev–Trinajstić information content (AvgIpc) is 2.59. The molecular formula is C10H12N2O3S. The highest BCUT2D eigenvalue weighted by molar-refractivity contribution is 8.01. The van der Waals surface area contributed by atoms with E-state index in [0.717, 1.165) is 5.56 Å². The van der Waals surface area contributed by atoms with E-state index in [2.05, 4.69) is 10.2 Å². The maximum atomic E-state index is 11.4. The number of carbonyl (C=O) groups excluding carboxylic acids is 1. The van der Waals surface area contributed by atoms with Crippen molar-refractivity contribution in [1.29, 1.82) is 0 Å². The van der Waals surface area contributed by atoms with E-state index in [1.807, 2.05) is 12.1 Å². The van der Waals surface area contributed by atoms with Gasteiger partial charge in [0.25, 0.3) is 0 Å². The van der Waals surface area contributed by atoms with Crippen LogP contribution in [0.3, 0.4) is 0 Å². The van der Waals surface area contributed by atoms with Gasteiger partial charge in [0.05, 0.1) is 5.25 Å². The Morgan fingerprint density at radius 1 is 1.44 bits per heavy atom. The summed E-state index contributed by atoms with van der Waals surface area (Å²) in [4.78, 5) is 15.9. The molecule has 2 rings (SSSR count). The number of aliphatic hydroxyl groups is 1. The van der Waals surface area contributed by atoms with Crippen molar-refractivity contribution in [1.82, 2.24) is 5.32 Å². The summed E-state index contributed by atoms with van der Waals surface area (Å²) in [5, 5.41) is 11.4. The van der Waals surface area contributed by atoms with Gasteiger partial charge in [-0.05, 0) is 24.1 Å². The molecule has 1 aromatic carbocycles. The van der Waals surface area contributed by atoms with Gasteiger partial charge in [-0.2, -0.15) is 5.90 Å². The molecule has 4 N–H and O–H groups in total. The van der Waals surface area contributed by atoms with Crippen molar-refractivity contribution in [2.24, 2.45) is 5.90 Å². The number of benzene rings is 1. The third-order valence-corrected chi connectivity index (χ3v) is 3.42. The van der Waals surface area contributed by atoms with Crippen molar-refractivity contribution in [3.63, 3.8) is 0 Å². The summed E-state index contributed by atoms with van der Waals surface area (Å²) in [7, 11) is 0. The Bertz CT molecular complexity index is 382. The van der Waals surface area contributed by atoms with E-state index in [0.29, 0.717) is 12.2 Å². The summed E-state index contributed by atoms with van der Waals surface area (Å²) in [5.41, 5.74) is 0.215. The van der Waals surface area contributed by atoms with Crippen molar-refractivity contribution in [2.45, 2.75) is 17.2 Å². The summed E-state index contributed by atoms with van der Waals surface area (Å²) in [5.74, 6) is 5.45. The van der Waals surface area contributed by atoms with Crippen LogP contribution >= 0.6 is 11.8 Å². The monoisotopic (exact) mass is 240 g/mol. The summed E-state index contributed by atoms with van der Waals surface area (Å²) in [6.45, 7) is 0. The van der Waals surface area contributed by atoms with Crippen LogP contribution in [0, 0.1) is 0 Å². The minimum atomic E-state index is -0.788. The van der Waals surface area contributed by atoms with Crippen LogP contribution in [0.4, 0.5) is 0 Å². The van der Waals surface area contributed by atoms with Gasteiger partial charge < -0.3 is 15.3 Å². The summed E-state index contributed by atoms with van der Waals surface area (Å²) >= 11 is 1.22. The first-order valence-electron chi connectivity index (χ1n) is 4.78. The molecule has 0 saturated carbocycles. The lowest BCUT2D eigenvalue weighted by atomic mass is 10.1. The van der Waals surface area contributed by atoms with Crippen LogP contribution in [0.2, 0.25) is 0 Å². The average molecular weight is 240 g/mol. The maximum Gasteiger partial charge on any atom is 0.236 e. The van der Waals surface area contributed by atoms with Crippen LogP contribution in [0.5, 0.6) is 5.75 Å². The van der Waals surface area contributed by atoms with Gasteiger partial charge in [0.15, 0.2) is 5.56 Å². The third-order valence-electron chi connectivity index (χ3n) is 2.33. The second kappa shape index (κ2) is 4.73. The van der Waals surface area contributed by atoms with Crippen LogP contribution in [0.1, 0.15) is 5.56 Å². The van der Waals surface area contributed by atoms with E-state index < -0.39 is 5.56 Å². The van der Waals surface area contributed by atoms with Gasteiger partial charge in [0.2, 0.25) is 5.91 Å². The van der Waals surface area contributed by atoms with E-state index in [9.17, 15) is 9.90 Å². The van der Waals surface area contributed by atoms with E-state index in [1.54, 1.807) is 12.1 Å². The van der Waals surface area contributed by atoms with Crippen molar-refractivity contribution >= 4 is 17.7 Å². The number of carbonyl (C=O) groups is 1. The second-order valence-corrected chi connectivity index (χ2v) is 4.74. The van der Waals surface area contributed by atoms with E-state index in [-0.39, 0.29) is 11.2 Å². The molecule has 86 valence electrons. The maximum absolute atomic E-state index is 11.4. The van der Waals surface area contributed by atoms with Gasteiger partial charge >= 0.3 is 0 Å². The number of rotatable bonds is 3. The van der Waals surface area contributed by atoms with E-state index in [4.69, 9.17) is 5.90 Å². The summed E-state index contributed by atoms with van der Waals surface area (Å²) in [6.07, 6.45) is 0.582. The van der Waals surface area contributed by atoms with Gasteiger partial charge in [-0.3, -0.25) is 4.79 Å². The SMILES string of the molecule is NOc1ccc(CC2SC(O)NC2=O)cc1. The molecule has 2 atom stereocenters. The standard InChI is InChI=1S/C10H12N2O3S/c11-15-7-3-1-6(2-4-7)5-8-9(13)12-10(14)16-8/h1-4,8,10,14H,5,11H2,(H,12,13). The first-order chi connectivity index (χ1) is 7.69. The largest absolute Gasteiger partial charge is 0.412 e. The number of hydrogen-bond donors (Lipinski definition) is 3. The molecule has 6 heteroatoms. The lowest BCUT2D eigenvalue weighted by molar-refractivity contribution is -0.121. The summed E-state index contributed by atoms with van der Waals surface area (Å²) < 4.78 is 0. The van der Waals surface area contributed by atoms with Crippen molar-refractivity contribution in [3.8, 4) is 5.75 Å². The molecule has 0 aliphatic carbocycles. The Labute approximate surface area is 96.9 Å². The number of aliphatic hydroxyl groups excluding tert-OH is 1. The molecule has 1 saturated heterocycles. The predicted octanol–water partition coefficient (Wildman–Crippen LogP) is -0.0109. The molecule has 1 aromatic rings. The molecule has 5 nitrogen and oxygen atoms in total. The predicted molar refractivity (Wildman–Crippen MR) is 60.5 cm³/mol. The molecule has 1 aliphatic heterocycles. The smallest absolute Gasteiger partial charge is 0.236 e. The number of hydrogen-bond acceptors (Lipinski definition) is 5. The fraction of sp³-hybridized carbons (Fsp3) is 0.300. The van der Waals surface area contributed by atoms with E-state index in [1.165, 1.54) is 11.8 Å². The highest BCUT2D eigenvalue weighted by atomic mass is 32.2. The van der Waals surface area contributed by atoms with Crippen LogP contribution in [-0.4, -0.2) is 21.8 Å². The third kappa shape index (κ3) is 2.46. The van der Waals surface area contributed by atoms with Gasteiger partial charge in [-0.25, -0.2) is 0 Å². The number of thioether (sulfide) groups is 1. The molecular weight excluding hydrogens is 228 g/mol. The molecule has 16 heavy (non-hydrogen) atoms. The van der Waals surface area contributed by atoms with Crippen LogP contribution in [0.15, 0.2) is 24.3 Å². The van der Waals surface area contributed by atoms with E-state index >= 15 is 0 Å². The highest BCUT2D eigenvalue weighted by Gasteiger charge is 2.31. The number of nitrogens with two attached hydrogens (primary N) is 1. The Kier molecular flexibility index (Phi) is 3.33.